The smallest absolute Gasteiger partial charge is 0.263 e. The van der Waals surface area contributed by atoms with Gasteiger partial charge in [0.25, 0.3) is 5.91 Å². The van der Waals surface area contributed by atoms with E-state index in [1.165, 1.54) is 6.42 Å². The van der Waals surface area contributed by atoms with Crippen molar-refractivity contribution in [3.8, 4) is 16.9 Å². The van der Waals surface area contributed by atoms with Crippen molar-refractivity contribution in [1.82, 2.24) is 9.88 Å². The second-order valence-electron chi connectivity index (χ2n) is 7.59. The van der Waals surface area contributed by atoms with Crippen LogP contribution in [0.1, 0.15) is 36.5 Å². The zero-order chi connectivity index (χ0) is 21.1. The number of hydrogen-bond acceptors (Lipinski definition) is 4. The Morgan fingerprint density at radius 2 is 1.80 bits per heavy atom. The van der Waals surface area contributed by atoms with Gasteiger partial charge in [-0.3, -0.25) is 14.6 Å². The van der Waals surface area contributed by atoms with Gasteiger partial charge in [0.15, 0.2) is 6.10 Å². The van der Waals surface area contributed by atoms with Crippen LogP contribution in [0, 0.1) is 0 Å². The summed E-state index contributed by atoms with van der Waals surface area (Å²) < 4.78 is 5.94. The summed E-state index contributed by atoms with van der Waals surface area (Å²) in [6.45, 7) is 3.39. The van der Waals surface area contributed by atoms with Crippen LogP contribution in [0.3, 0.4) is 0 Å². The lowest BCUT2D eigenvalue weighted by atomic mass is 9.96. The molecular formula is C24H25N3O3. The fourth-order valence-corrected chi connectivity index (χ4v) is 3.99. The number of ether oxygens (including phenoxy) is 1. The van der Waals surface area contributed by atoms with E-state index >= 15 is 0 Å². The highest BCUT2D eigenvalue weighted by Crippen LogP contribution is 2.32. The van der Waals surface area contributed by atoms with Crippen LogP contribution in [0.2, 0.25) is 0 Å². The molecule has 1 aromatic heterocycles. The molecule has 1 saturated heterocycles. The maximum Gasteiger partial charge on any atom is 0.263 e. The molecule has 30 heavy (non-hydrogen) atoms. The molecule has 1 unspecified atom stereocenters. The summed E-state index contributed by atoms with van der Waals surface area (Å²) in [5, 5.41) is 0.883. The number of rotatable bonds is 5. The molecule has 0 aliphatic carbocycles. The Kier molecular flexibility index (Phi) is 5.65. The third kappa shape index (κ3) is 3.99. The number of piperidine rings is 1. The van der Waals surface area contributed by atoms with E-state index in [2.05, 4.69) is 4.98 Å². The van der Waals surface area contributed by atoms with Gasteiger partial charge in [0.2, 0.25) is 5.91 Å². The number of nitrogens with zero attached hydrogens (tertiary/aromatic N) is 2. The standard InChI is InChI=1S/C24H25N3O3/c1-16(24(29)27-13-5-2-6-14-27)30-17-9-10-20-19(11-12-26-22(20)15-17)18-7-3-4-8-21(18)23(25)28/h3-4,7-12,15-16H,2,5-6,13-14H2,1H3,(H2,25,28). The summed E-state index contributed by atoms with van der Waals surface area (Å²) in [6, 6.07) is 14.7. The molecule has 2 amide bonds. The summed E-state index contributed by atoms with van der Waals surface area (Å²) in [7, 11) is 0. The van der Waals surface area contributed by atoms with Crippen molar-refractivity contribution in [2.75, 3.05) is 13.1 Å². The average Bonchev–Trinajstić information content (AvgIpc) is 2.78. The molecule has 0 bridgehead atoms. The topological polar surface area (TPSA) is 85.5 Å². The van der Waals surface area contributed by atoms with Crippen LogP contribution in [0.5, 0.6) is 5.75 Å². The number of nitrogens with two attached hydrogens (primary N) is 1. The van der Waals surface area contributed by atoms with Crippen LogP contribution < -0.4 is 10.5 Å². The van der Waals surface area contributed by atoms with Crippen LogP contribution in [0.4, 0.5) is 0 Å². The minimum Gasteiger partial charge on any atom is -0.481 e. The van der Waals surface area contributed by atoms with Crippen molar-refractivity contribution in [3.05, 3.63) is 60.3 Å². The third-order valence-electron chi connectivity index (χ3n) is 5.53. The summed E-state index contributed by atoms with van der Waals surface area (Å²) in [6.07, 6.45) is 4.42. The number of carbonyl (C=O) groups excluding carboxylic acids is 2. The van der Waals surface area contributed by atoms with Gasteiger partial charge in [-0.15, -0.1) is 0 Å². The monoisotopic (exact) mass is 403 g/mol. The molecular weight excluding hydrogens is 378 g/mol. The van der Waals surface area contributed by atoms with Crippen molar-refractivity contribution < 1.29 is 14.3 Å². The fraction of sp³-hybridized carbons (Fsp3) is 0.292. The third-order valence-corrected chi connectivity index (χ3v) is 5.53. The lowest BCUT2D eigenvalue weighted by molar-refractivity contribution is -0.138. The van der Waals surface area contributed by atoms with E-state index in [1.54, 1.807) is 25.3 Å². The molecule has 154 valence electrons. The quantitative estimate of drug-likeness (QED) is 0.702. The molecule has 0 spiro atoms. The Labute approximate surface area is 175 Å². The summed E-state index contributed by atoms with van der Waals surface area (Å²) in [5.41, 5.74) is 8.38. The van der Waals surface area contributed by atoms with Gasteiger partial charge >= 0.3 is 0 Å². The molecule has 6 heteroatoms. The number of likely N-dealkylation sites (tertiary alicyclic amines) is 1. The molecule has 2 N–H and O–H groups in total. The van der Waals surface area contributed by atoms with Crippen LogP contribution in [-0.2, 0) is 4.79 Å². The fourth-order valence-electron chi connectivity index (χ4n) is 3.99. The maximum absolute atomic E-state index is 12.6. The van der Waals surface area contributed by atoms with Gasteiger partial charge in [-0.05, 0) is 61.6 Å². The molecule has 1 aliphatic heterocycles. The van der Waals surface area contributed by atoms with Gasteiger partial charge in [0.1, 0.15) is 5.75 Å². The SMILES string of the molecule is CC(Oc1ccc2c(-c3ccccc3C(N)=O)ccnc2c1)C(=O)N1CCCCC1. The second kappa shape index (κ2) is 8.53. The van der Waals surface area contributed by atoms with Crippen LogP contribution in [0.15, 0.2) is 54.7 Å². The first kappa shape index (κ1) is 19.9. The van der Waals surface area contributed by atoms with Crippen molar-refractivity contribution in [1.29, 1.82) is 0 Å². The highest BCUT2D eigenvalue weighted by atomic mass is 16.5. The van der Waals surface area contributed by atoms with E-state index in [-0.39, 0.29) is 5.91 Å². The number of fused-ring (bicyclic) bond motifs is 1. The highest BCUT2D eigenvalue weighted by Gasteiger charge is 2.23. The Bertz CT molecular complexity index is 1090. The Balaban J connectivity index is 1.62. The number of hydrogen-bond donors (Lipinski definition) is 1. The summed E-state index contributed by atoms with van der Waals surface area (Å²) in [4.78, 5) is 30.8. The molecule has 2 aromatic carbocycles. The number of benzene rings is 2. The van der Waals surface area contributed by atoms with Crippen molar-refractivity contribution >= 4 is 22.7 Å². The number of carbonyl (C=O) groups is 2. The normalized spacial score (nSPS) is 15.0. The van der Waals surface area contributed by atoms with E-state index in [9.17, 15) is 9.59 Å². The molecule has 1 atom stereocenters. The lowest BCUT2D eigenvalue weighted by Gasteiger charge is -2.29. The number of primary amides is 1. The van der Waals surface area contributed by atoms with Gasteiger partial charge in [-0.1, -0.05) is 18.2 Å². The van der Waals surface area contributed by atoms with E-state index in [1.807, 2.05) is 41.3 Å². The predicted molar refractivity (Wildman–Crippen MR) is 116 cm³/mol. The van der Waals surface area contributed by atoms with E-state index in [0.717, 1.165) is 48.0 Å². The number of pyridine rings is 1. The zero-order valence-corrected chi connectivity index (χ0v) is 17.0. The molecule has 4 rings (SSSR count). The Morgan fingerprint density at radius 1 is 1.03 bits per heavy atom. The maximum atomic E-state index is 12.6. The molecule has 0 saturated carbocycles. The molecule has 2 heterocycles. The first-order valence-corrected chi connectivity index (χ1v) is 10.3. The Hall–Kier alpha value is -3.41. The predicted octanol–water partition coefficient (Wildman–Crippen LogP) is 3.78. The summed E-state index contributed by atoms with van der Waals surface area (Å²) >= 11 is 0. The largest absolute Gasteiger partial charge is 0.481 e. The van der Waals surface area contributed by atoms with E-state index in [4.69, 9.17) is 10.5 Å². The van der Waals surface area contributed by atoms with Crippen LogP contribution in [-0.4, -0.2) is 40.9 Å². The first-order chi connectivity index (χ1) is 14.5. The lowest BCUT2D eigenvalue weighted by Crippen LogP contribution is -2.43. The molecule has 6 nitrogen and oxygen atoms in total. The van der Waals surface area contributed by atoms with Gasteiger partial charge in [0, 0.05) is 36.3 Å². The number of amides is 2. The average molecular weight is 403 g/mol. The van der Waals surface area contributed by atoms with E-state index in [0.29, 0.717) is 11.3 Å². The van der Waals surface area contributed by atoms with Crippen LogP contribution in [0.25, 0.3) is 22.0 Å². The minimum atomic E-state index is -0.556. The number of aromatic nitrogens is 1. The van der Waals surface area contributed by atoms with Crippen molar-refractivity contribution in [2.45, 2.75) is 32.3 Å². The molecule has 3 aromatic rings. The van der Waals surface area contributed by atoms with Gasteiger partial charge in [-0.25, -0.2) is 0 Å². The Morgan fingerprint density at radius 3 is 2.57 bits per heavy atom. The zero-order valence-electron chi connectivity index (χ0n) is 17.0. The van der Waals surface area contributed by atoms with Crippen LogP contribution >= 0.6 is 0 Å². The minimum absolute atomic E-state index is 0.0203. The van der Waals surface area contributed by atoms with Crippen molar-refractivity contribution in [3.63, 3.8) is 0 Å². The van der Waals surface area contributed by atoms with E-state index < -0.39 is 12.0 Å². The molecule has 1 aliphatic rings. The van der Waals surface area contributed by atoms with Gasteiger partial charge < -0.3 is 15.4 Å². The molecule has 1 fully saturated rings. The first-order valence-electron chi connectivity index (χ1n) is 10.3. The summed E-state index contributed by atoms with van der Waals surface area (Å²) in [5.74, 6) is 0.139. The molecule has 0 radical (unpaired) electrons. The van der Waals surface area contributed by atoms with Gasteiger partial charge in [0.05, 0.1) is 5.52 Å². The second-order valence-corrected chi connectivity index (χ2v) is 7.59. The highest BCUT2D eigenvalue weighted by molar-refractivity contribution is 6.04. The van der Waals surface area contributed by atoms with Gasteiger partial charge in [-0.2, -0.15) is 0 Å². The van der Waals surface area contributed by atoms with Crippen molar-refractivity contribution in [2.24, 2.45) is 5.73 Å².